The van der Waals surface area contributed by atoms with Crippen LogP contribution >= 0.6 is 0 Å². The van der Waals surface area contributed by atoms with Gasteiger partial charge in [0, 0.05) is 23.0 Å². The number of esters is 1. The lowest BCUT2D eigenvalue weighted by Crippen LogP contribution is -2.47. The molecule has 0 spiro atoms. The van der Waals surface area contributed by atoms with Crippen LogP contribution in [0.15, 0.2) is 23.8 Å². The molecule has 208 valence electrons. The third-order valence-corrected chi connectivity index (χ3v) is 13.7. The van der Waals surface area contributed by atoms with Gasteiger partial charge in [-0.05, 0) is 74.4 Å². The lowest BCUT2D eigenvalue weighted by Gasteiger charge is -2.48. The average Bonchev–Trinajstić information content (AvgIpc) is 2.79. The van der Waals surface area contributed by atoms with Crippen LogP contribution in [0.25, 0.3) is 0 Å². The lowest BCUT2D eigenvalue weighted by molar-refractivity contribution is -0.136. The van der Waals surface area contributed by atoms with E-state index >= 15 is 0 Å². The molecule has 0 aromatic heterocycles. The zero-order valence-electron chi connectivity index (χ0n) is 25.5. The second-order valence-corrected chi connectivity index (χ2v) is 18.7. The summed E-state index contributed by atoms with van der Waals surface area (Å²) >= 11 is 0. The van der Waals surface area contributed by atoms with E-state index in [1.807, 2.05) is 0 Å². The third kappa shape index (κ3) is 6.29. The maximum Gasteiger partial charge on any atom is 0.333 e. The molecule has 0 bridgehead atoms. The van der Waals surface area contributed by atoms with E-state index in [1.165, 1.54) is 38.4 Å². The Morgan fingerprint density at radius 3 is 2.38 bits per heavy atom. The molecular formula is C32H52O4Si. The minimum atomic E-state index is -2.12. The molecule has 0 radical (unpaired) electrons. The molecule has 0 N–H and O–H groups in total. The largest absolute Gasteiger partial charge is 0.543 e. The number of hydrogen-bond acceptors (Lipinski definition) is 4. The number of carbonyl (C=O) groups excluding carboxylic acids is 1. The Kier molecular flexibility index (Phi) is 8.69. The molecule has 0 unspecified atom stereocenters. The quantitative estimate of drug-likeness (QED) is 0.182. The van der Waals surface area contributed by atoms with Gasteiger partial charge in [-0.1, -0.05) is 73.3 Å². The van der Waals surface area contributed by atoms with Gasteiger partial charge in [-0.3, -0.25) is 0 Å². The molecule has 1 aromatic rings. The van der Waals surface area contributed by atoms with Gasteiger partial charge in [0.1, 0.15) is 17.1 Å². The van der Waals surface area contributed by atoms with Crippen LogP contribution in [0.3, 0.4) is 0 Å². The topological polar surface area (TPSA) is 44.8 Å². The molecule has 2 aliphatic rings. The number of unbranched alkanes of at least 4 members (excludes halogenated alkanes) is 3. The van der Waals surface area contributed by atoms with E-state index in [0.717, 1.165) is 35.5 Å². The molecule has 1 aliphatic carbocycles. The highest BCUT2D eigenvalue weighted by atomic mass is 28.4. The standard InChI is InChI=1S/C32H52O4Si/c1-12-13-14-15-18-31(5,6)23-20-26-28(27(21-23)36-37(10,11)30(2,3)4)24-19-22(29(33)34-9)16-17-25(24)32(7,8)35-26/h16,20-21,24-25H,12-15,17-19H2,1-11H3/t24-,25-/m1/s1. The van der Waals surface area contributed by atoms with Crippen LogP contribution < -0.4 is 9.16 Å². The monoisotopic (exact) mass is 528 g/mol. The number of rotatable bonds is 9. The molecule has 0 amide bonds. The summed E-state index contributed by atoms with van der Waals surface area (Å²) in [6, 6.07) is 4.59. The van der Waals surface area contributed by atoms with Crippen molar-refractivity contribution in [1.29, 1.82) is 0 Å². The highest BCUT2D eigenvalue weighted by Gasteiger charge is 2.48. The fourth-order valence-corrected chi connectivity index (χ4v) is 6.74. The van der Waals surface area contributed by atoms with Crippen molar-refractivity contribution in [2.75, 3.05) is 7.11 Å². The smallest absolute Gasteiger partial charge is 0.333 e. The lowest BCUT2D eigenvalue weighted by atomic mass is 9.66. The fourth-order valence-electron chi connectivity index (χ4n) is 5.72. The third-order valence-electron chi connectivity index (χ3n) is 9.34. The molecule has 0 saturated heterocycles. The van der Waals surface area contributed by atoms with Gasteiger partial charge in [0.2, 0.25) is 8.32 Å². The number of hydrogen-bond donors (Lipinski definition) is 0. The number of methoxy groups -OCH3 is 1. The van der Waals surface area contributed by atoms with Crippen molar-refractivity contribution in [3.63, 3.8) is 0 Å². The summed E-state index contributed by atoms with van der Waals surface area (Å²) in [6.07, 6.45) is 9.68. The molecule has 1 aliphatic heterocycles. The van der Waals surface area contributed by atoms with Crippen LogP contribution in [-0.2, 0) is 14.9 Å². The molecule has 0 saturated carbocycles. The maximum atomic E-state index is 12.5. The summed E-state index contributed by atoms with van der Waals surface area (Å²) in [5, 5.41) is 0.0728. The van der Waals surface area contributed by atoms with Crippen LogP contribution in [0.1, 0.15) is 117 Å². The van der Waals surface area contributed by atoms with Gasteiger partial charge in [-0.15, -0.1) is 0 Å². The molecule has 1 heterocycles. The Labute approximate surface area is 227 Å². The Balaban J connectivity index is 2.15. The molecule has 1 aromatic carbocycles. The van der Waals surface area contributed by atoms with Crippen molar-refractivity contribution in [2.24, 2.45) is 5.92 Å². The van der Waals surface area contributed by atoms with Gasteiger partial charge in [0.15, 0.2) is 0 Å². The van der Waals surface area contributed by atoms with E-state index in [-0.39, 0.29) is 33.9 Å². The van der Waals surface area contributed by atoms with Crippen LogP contribution in [0.4, 0.5) is 0 Å². The van der Waals surface area contributed by atoms with Gasteiger partial charge < -0.3 is 13.9 Å². The van der Waals surface area contributed by atoms with Crippen molar-refractivity contribution in [2.45, 2.75) is 135 Å². The molecule has 37 heavy (non-hydrogen) atoms. The zero-order chi connectivity index (χ0) is 27.8. The Hall–Kier alpha value is -1.75. The normalized spacial score (nSPS) is 21.3. The molecule has 3 rings (SSSR count). The summed E-state index contributed by atoms with van der Waals surface area (Å²) in [7, 11) is -0.653. The van der Waals surface area contributed by atoms with Crippen molar-refractivity contribution in [3.8, 4) is 11.5 Å². The molecule has 4 nitrogen and oxygen atoms in total. The van der Waals surface area contributed by atoms with Gasteiger partial charge in [0.25, 0.3) is 0 Å². The van der Waals surface area contributed by atoms with Crippen molar-refractivity contribution < 1.29 is 18.7 Å². The first-order valence-electron chi connectivity index (χ1n) is 14.4. The summed E-state index contributed by atoms with van der Waals surface area (Å²) in [5.74, 6) is 2.10. The number of fused-ring (bicyclic) bond motifs is 3. The Morgan fingerprint density at radius 1 is 1.11 bits per heavy atom. The average molecular weight is 529 g/mol. The van der Waals surface area contributed by atoms with E-state index in [9.17, 15) is 4.79 Å². The first kappa shape index (κ1) is 29.8. The van der Waals surface area contributed by atoms with Crippen LogP contribution in [0.5, 0.6) is 11.5 Å². The van der Waals surface area contributed by atoms with Crippen LogP contribution in [-0.4, -0.2) is 27.0 Å². The first-order chi connectivity index (χ1) is 17.0. The van der Waals surface area contributed by atoms with E-state index in [0.29, 0.717) is 6.42 Å². The molecule has 2 atom stereocenters. The van der Waals surface area contributed by atoms with Gasteiger partial charge in [-0.2, -0.15) is 0 Å². The zero-order valence-corrected chi connectivity index (χ0v) is 26.5. The van der Waals surface area contributed by atoms with Crippen molar-refractivity contribution >= 4 is 14.3 Å². The Morgan fingerprint density at radius 2 is 1.78 bits per heavy atom. The highest BCUT2D eigenvalue weighted by molar-refractivity contribution is 6.74. The maximum absolute atomic E-state index is 12.5. The van der Waals surface area contributed by atoms with Crippen LogP contribution in [0.2, 0.25) is 18.1 Å². The summed E-state index contributed by atoms with van der Waals surface area (Å²) in [4.78, 5) is 12.5. The van der Waals surface area contributed by atoms with Crippen molar-refractivity contribution in [1.82, 2.24) is 0 Å². The Bertz CT molecular complexity index is 1010. The number of allylic oxidation sites excluding steroid dienone is 1. The predicted molar refractivity (Wildman–Crippen MR) is 156 cm³/mol. The fraction of sp³-hybridized carbons (Fsp3) is 0.719. The summed E-state index contributed by atoms with van der Waals surface area (Å²) in [5.41, 5.74) is 2.88. The molecule has 0 fully saturated rings. The van der Waals surface area contributed by atoms with E-state index in [4.69, 9.17) is 13.9 Å². The van der Waals surface area contributed by atoms with E-state index in [1.54, 1.807) is 0 Å². The van der Waals surface area contributed by atoms with Gasteiger partial charge in [-0.25, -0.2) is 4.79 Å². The molecular weight excluding hydrogens is 476 g/mol. The number of carbonyl (C=O) groups is 1. The summed E-state index contributed by atoms with van der Waals surface area (Å²) in [6.45, 7) is 22.8. The molecule has 5 heteroatoms. The summed E-state index contributed by atoms with van der Waals surface area (Å²) < 4.78 is 19.0. The number of benzene rings is 1. The van der Waals surface area contributed by atoms with Gasteiger partial charge >= 0.3 is 5.97 Å². The van der Waals surface area contributed by atoms with E-state index < -0.39 is 8.32 Å². The predicted octanol–water partition coefficient (Wildman–Crippen LogP) is 9.08. The van der Waals surface area contributed by atoms with Gasteiger partial charge in [0.05, 0.1) is 7.11 Å². The number of ether oxygens (including phenoxy) is 2. The SMILES string of the molecule is CCCCCCC(C)(C)c1cc2c(c(O[Si](C)(C)C(C)(C)C)c1)[C@@H]1CC(C(=O)OC)=CC[C@H]1C(C)(C)O2. The second kappa shape index (κ2) is 10.8. The van der Waals surface area contributed by atoms with Crippen LogP contribution in [0, 0.1) is 5.92 Å². The first-order valence-corrected chi connectivity index (χ1v) is 17.3. The minimum Gasteiger partial charge on any atom is -0.543 e. The highest BCUT2D eigenvalue weighted by Crippen LogP contribution is 2.56. The van der Waals surface area contributed by atoms with Crippen molar-refractivity contribution in [3.05, 3.63) is 34.9 Å². The minimum absolute atomic E-state index is 0.0162. The second-order valence-electron chi connectivity index (χ2n) is 14.0. The van der Waals surface area contributed by atoms with E-state index in [2.05, 4.69) is 86.7 Å².